The quantitative estimate of drug-likeness (QED) is 0.566. The third-order valence-corrected chi connectivity index (χ3v) is 2.74. The van der Waals surface area contributed by atoms with Crippen LogP contribution in [0.15, 0.2) is 0 Å². The minimum absolute atomic E-state index is 0.0234. The lowest BCUT2D eigenvalue weighted by atomic mass is 10.0. The van der Waals surface area contributed by atoms with Crippen molar-refractivity contribution in [3.63, 3.8) is 0 Å². The summed E-state index contributed by atoms with van der Waals surface area (Å²) < 4.78 is 0. The van der Waals surface area contributed by atoms with Crippen LogP contribution in [0.2, 0.25) is 0 Å². The van der Waals surface area contributed by atoms with Crippen LogP contribution >= 0.6 is 0 Å². The second-order valence-corrected chi connectivity index (χ2v) is 4.82. The fraction of sp³-hybridized carbons (Fsp3) is 0.692. The molecule has 1 fully saturated rings. The monoisotopic (exact) mass is 236 g/mol. The SMILES string of the molecule is C#CCCCN1CC(=O)NC(CC(C)C)C1=O. The Bertz CT molecular complexity index is 331. The fourth-order valence-electron chi connectivity index (χ4n) is 1.97. The minimum atomic E-state index is -0.359. The Hall–Kier alpha value is -1.50. The first-order valence-electron chi connectivity index (χ1n) is 6.06. The lowest BCUT2D eigenvalue weighted by Gasteiger charge is -2.33. The molecule has 17 heavy (non-hydrogen) atoms. The Morgan fingerprint density at radius 1 is 1.53 bits per heavy atom. The van der Waals surface area contributed by atoms with Gasteiger partial charge in [0, 0.05) is 13.0 Å². The first-order valence-corrected chi connectivity index (χ1v) is 6.06. The Morgan fingerprint density at radius 3 is 2.82 bits per heavy atom. The standard InChI is InChI=1S/C13H20N2O2/c1-4-5-6-7-15-9-12(16)14-11(13(15)17)8-10(2)3/h1,10-11H,5-9H2,2-3H3,(H,14,16). The van der Waals surface area contributed by atoms with E-state index in [9.17, 15) is 9.59 Å². The van der Waals surface area contributed by atoms with E-state index in [2.05, 4.69) is 11.2 Å². The van der Waals surface area contributed by atoms with E-state index in [0.29, 0.717) is 25.3 Å². The topological polar surface area (TPSA) is 49.4 Å². The van der Waals surface area contributed by atoms with Crippen molar-refractivity contribution in [2.24, 2.45) is 5.92 Å². The van der Waals surface area contributed by atoms with Gasteiger partial charge in [-0.15, -0.1) is 12.3 Å². The molecule has 1 aliphatic heterocycles. The predicted molar refractivity (Wildman–Crippen MR) is 66.0 cm³/mol. The first-order chi connectivity index (χ1) is 8.04. The summed E-state index contributed by atoms with van der Waals surface area (Å²) in [6, 6.07) is -0.359. The summed E-state index contributed by atoms with van der Waals surface area (Å²) in [7, 11) is 0. The highest BCUT2D eigenvalue weighted by atomic mass is 16.2. The summed E-state index contributed by atoms with van der Waals surface area (Å²) in [5, 5.41) is 2.75. The van der Waals surface area contributed by atoms with Gasteiger partial charge in [0.05, 0.1) is 6.54 Å². The van der Waals surface area contributed by atoms with Gasteiger partial charge in [0.2, 0.25) is 11.8 Å². The van der Waals surface area contributed by atoms with Crippen LogP contribution in [0.25, 0.3) is 0 Å². The molecule has 1 N–H and O–H groups in total. The summed E-state index contributed by atoms with van der Waals surface area (Å²) >= 11 is 0. The number of nitrogens with zero attached hydrogens (tertiary/aromatic N) is 1. The Balaban J connectivity index is 2.56. The Morgan fingerprint density at radius 2 is 2.24 bits per heavy atom. The number of rotatable bonds is 5. The number of amides is 2. The van der Waals surface area contributed by atoms with Crippen LogP contribution in [-0.4, -0.2) is 35.8 Å². The first kappa shape index (κ1) is 13.6. The molecule has 0 aromatic carbocycles. The highest BCUT2D eigenvalue weighted by molar-refractivity contribution is 5.94. The number of carbonyl (C=O) groups is 2. The van der Waals surface area contributed by atoms with Gasteiger partial charge >= 0.3 is 0 Å². The lowest BCUT2D eigenvalue weighted by molar-refractivity contribution is -0.144. The predicted octanol–water partition coefficient (Wildman–Crippen LogP) is 0.773. The molecule has 4 nitrogen and oxygen atoms in total. The van der Waals surface area contributed by atoms with E-state index >= 15 is 0 Å². The molecule has 1 heterocycles. The van der Waals surface area contributed by atoms with Gasteiger partial charge < -0.3 is 10.2 Å². The van der Waals surface area contributed by atoms with Gasteiger partial charge in [-0.25, -0.2) is 0 Å². The molecule has 1 rings (SSSR count). The van der Waals surface area contributed by atoms with Crippen LogP contribution in [0.5, 0.6) is 0 Å². The largest absolute Gasteiger partial charge is 0.343 e. The summed E-state index contributed by atoms with van der Waals surface area (Å²) in [5.41, 5.74) is 0. The average Bonchev–Trinajstić information content (AvgIpc) is 2.24. The van der Waals surface area contributed by atoms with Crippen molar-refractivity contribution in [3.05, 3.63) is 0 Å². The van der Waals surface area contributed by atoms with Gasteiger partial charge in [0.15, 0.2) is 0 Å². The molecule has 94 valence electrons. The van der Waals surface area contributed by atoms with Gasteiger partial charge in [-0.2, -0.15) is 0 Å². The number of unbranched alkanes of at least 4 members (excludes halogenated alkanes) is 1. The molecule has 0 aromatic rings. The van der Waals surface area contributed by atoms with Gasteiger partial charge in [-0.3, -0.25) is 9.59 Å². The van der Waals surface area contributed by atoms with Crippen molar-refractivity contribution >= 4 is 11.8 Å². The zero-order valence-electron chi connectivity index (χ0n) is 10.5. The Kier molecular flexibility index (Phi) is 5.02. The molecule has 0 spiro atoms. The van der Waals surface area contributed by atoms with Crippen LogP contribution in [-0.2, 0) is 9.59 Å². The molecule has 0 radical (unpaired) electrons. The second kappa shape index (κ2) is 6.29. The maximum atomic E-state index is 12.1. The number of nitrogens with one attached hydrogen (secondary N) is 1. The van der Waals surface area contributed by atoms with Gasteiger partial charge in [0.25, 0.3) is 0 Å². The van der Waals surface area contributed by atoms with Crippen LogP contribution in [0.3, 0.4) is 0 Å². The normalized spacial score (nSPS) is 20.4. The van der Waals surface area contributed by atoms with E-state index in [1.165, 1.54) is 0 Å². The number of terminal acetylenes is 1. The smallest absolute Gasteiger partial charge is 0.245 e. The third kappa shape index (κ3) is 4.10. The summed E-state index contributed by atoms with van der Waals surface area (Å²) in [6.07, 6.45) is 7.25. The second-order valence-electron chi connectivity index (χ2n) is 4.82. The Labute approximate surface area is 103 Å². The van der Waals surface area contributed by atoms with Crippen LogP contribution < -0.4 is 5.32 Å². The zero-order valence-corrected chi connectivity index (χ0v) is 10.5. The summed E-state index contributed by atoms with van der Waals surface area (Å²) in [5.74, 6) is 2.87. The van der Waals surface area contributed by atoms with E-state index in [4.69, 9.17) is 6.42 Å². The molecular formula is C13H20N2O2. The van der Waals surface area contributed by atoms with Gasteiger partial charge in [0.1, 0.15) is 6.04 Å². The van der Waals surface area contributed by atoms with E-state index < -0.39 is 0 Å². The van der Waals surface area contributed by atoms with E-state index in [0.717, 1.165) is 6.42 Å². The number of hydrogen-bond acceptors (Lipinski definition) is 2. The van der Waals surface area contributed by atoms with Crippen molar-refractivity contribution in [1.82, 2.24) is 10.2 Å². The van der Waals surface area contributed by atoms with Crippen molar-refractivity contribution in [1.29, 1.82) is 0 Å². The lowest BCUT2D eigenvalue weighted by Crippen LogP contribution is -2.58. The van der Waals surface area contributed by atoms with E-state index in [1.54, 1.807) is 4.90 Å². The molecule has 1 unspecified atom stereocenters. The van der Waals surface area contributed by atoms with Crippen molar-refractivity contribution in [3.8, 4) is 12.3 Å². The fourth-order valence-corrected chi connectivity index (χ4v) is 1.97. The molecule has 0 saturated carbocycles. The highest BCUT2D eigenvalue weighted by Crippen LogP contribution is 2.12. The van der Waals surface area contributed by atoms with Crippen molar-refractivity contribution in [2.75, 3.05) is 13.1 Å². The summed E-state index contributed by atoms with van der Waals surface area (Å²) in [6.45, 7) is 4.82. The maximum absolute atomic E-state index is 12.1. The summed E-state index contributed by atoms with van der Waals surface area (Å²) in [4.78, 5) is 25.2. The van der Waals surface area contributed by atoms with Crippen molar-refractivity contribution in [2.45, 2.75) is 39.2 Å². The maximum Gasteiger partial charge on any atom is 0.245 e. The number of piperazine rings is 1. The van der Waals surface area contributed by atoms with Crippen LogP contribution in [0.1, 0.15) is 33.1 Å². The van der Waals surface area contributed by atoms with Crippen molar-refractivity contribution < 1.29 is 9.59 Å². The molecule has 1 aliphatic rings. The van der Waals surface area contributed by atoms with E-state index in [1.807, 2.05) is 13.8 Å². The molecule has 1 atom stereocenters. The van der Waals surface area contributed by atoms with Crippen LogP contribution in [0.4, 0.5) is 0 Å². The number of hydrogen-bond donors (Lipinski definition) is 1. The van der Waals surface area contributed by atoms with Gasteiger partial charge in [-0.1, -0.05) is 13.8 Å². The molecule has 1 saturated heterocycles. The molecule has 0 aliphatic carbocycles. The molecule has 2 amide bonds. The molecule has 0 aromatic heterocycles. The molecule has 0 bridgehead atoms. The third-order valence-electron chi connectivity index (χ3n) is 2.74. The number of carbonyl (C=O) groups excluding carboxylic acids is 2. The average molecular weight is 236 g/mol. The zero-order chi connectivity index (χ0) is 12.8. The minimum Gasteiger partial charge on any atom is -0.343 e. The molecular weight excluding hydrogens is 216 g/mol. The molecule has 4 heteroatoms. The van der Waals surface area contributed by atoms with Gasteiger partial charge in [-0.05, 0) is 18.8 Å². The van der Waals surface area contributed by atoms with E-state index in [-0.39, 0.29) is 24.4 Å². The highest BCUT2D eigenvalue weighted by Gasteiger charge is 2.32. The van der Waals surface area contributed by atoms with Crippen LogP contribution in [0, 0.1) is 18.3 Å².